The summed E-state index contributed by atoms with van der Waals surface area (Å²) in [4.78, 5) is 11.8. The van der Waals surface area contributed by atoms with Crippen molar-refractivity contribution in [3.63, 3.8) is 0 Å². The van der Waals surface area contributed by atoms with Crippen LogP contribution in [0.3, 0.4) is 0 Å². The normalized spacial score (nSPS) is 12.4. The Hall–Kier alpha value is -1.07. The van der Waals surface area contributed by atoms with Gasteiger partial charge in [-0.1, -0.05) is 6.07 Å². The van der Waals surface area contributed by atoms with Crippen molar-refractivity contribution in [3.8, 4) is 0 Å². The number of benzene rings is 1. The first-order chi connectivity index (χ1) is 7.63. The minimum absolute atomic E-state index is 0.245. The zero-order chi connectivity index (χ0) is 12.0. The molecule has 0 radical (unpaired) electrons. The van der Waals surface area contributed by atoms with E-state index in [1.807, 2.05) is 6.07 Å². The number of halogens is 1. The molecule has 0 heterocycles. The Morgan fingerprint density at radius 3 is 2.94 bits per heavy atom. The van der Waals surface area contributed by atoms with E-state index < -0.39 is 0 Å². The molecule has 1 rings (SSSR count). The Labute approximate surface area is 98.6 Å². The second-order valence-corrected chi connectivity index (χ2v) is 4.51. The zero-order valence-electron chi connectivity index (χ0n) is 9.07. The van der Waals surface area contributed by atoms with Gasteiger partial charge in [-0.05, 0) is 37.4 Å². The first-order valence-electron chi connectivity index (χ1n) is 4.98. The minimum atomic E-state index is -0.359. The average Bonchev–Trinajstić information content (AvgIpc) is 2.24. The minimum Gasteiger partial charge on any atom is -0.368 e. The van der Waals surface area contributed by atoms with E-state index in [-0.39, 0.29) is 17.8 Å². The molecule has 0 aliphatic carbocycles. The molecule has 88 valence electrons. The van der Waals surface area contributed by atoms with Crippen LogP contribution in [0.15, 0.2) is 29.2 Å². The number of carbonyl (C=O) groups excluding carboxylic acids is 1. The lowest BCUT2D eigenvalue weighted by Crippen LogP contribution is -2.39. The number of nitrogens with two attached hydrogens (primary N) is 1. The van der Waals surface area contributed by atoms with Gasteiger partial charge in [0.1, 0.15) is 5.82 Å². The molecule has 5 heteroatoms. The topological polar surface area (TPSA) is 55.1 Å². The molecular formula is C11H15FN2OS. The van der Waals surface area contributed by atoms with Crippen LogP contribution in [0, 0.1) is 5.82 Å². The van der Waals surface area contributed by atoms with E-state index in [2.05, 4.69) is 5.32 Å². The molecule has 1 amide bonds. The standard InChI is InChI=1S/C11H15FN2OS/c1-14-10(11(13)15)5-6-16-9-4-2-3-8(12)7-9/h2-4,7,10,14H,5-6H2,1H3,(H2,13,15). The van der Waals surface area contributed by atoms with Crippen molar-refractivity contribution in [1.82, 2.24) is 5.32 Å². The number of likely N-dealkylation sites (N-methyl/N-ethyl adjacent to an activating group) is 1. The molecule has 1 aromatic carbocycles. The number of thioether (sulfide) groups is 1. The molecule has 1 aromatic rings. The van der Waals surface area contributed by atoms with E-state index in [0.29, 0.717) is 6.42 Å². The molecule has 0 bridgehead atoms. The summed E-state index contributed by atoms with van der Waals surface area (Å²) >= 11 is 1.51. The molecule has 1 unspecified atom stereocenters. The van der Waals surface area contributed by atoms with Crippen LogP contribution in [0.1, 0.15) is 6.42 Å². The summed E-state index contributed by atoms with van der Waals surface area (Å²) in [5.41, 5.74) is 5.18. The smallest absolute Gasteiger partial charge is 0.234 e. The van der Waals surface area contributed by atoms with Crippen molar-refractivity contribution in [2.24, 2.45) is 5.73 Å². The van der Waals surface area contributed by atoms with E-state index in [1.165, 1.54) is 23.9 Å². The summed E-state index contributed by atoms with van der Waals surface area (Å²) in [6.07, 6.45) is 0.632. The fourth-order valence-electron chi connectivity index (χ4n) is 1.28. The van der Waals surface area contributed by atoms with E-state index in [0.717, 1.165) is 10.6 Å². The fourth-order valence-corrected chi connectivity index (χ4v) is 2.24. The van der Waals surface area contributed by atoms with Crippen LogP contribution in [-0.4, -0.2) is 24.7 Å². The molecule has 0 spiro atoms. The molecule has 0 aliphatic rings. The summed E-state index contributed by atoms with van der Waals surface area (Å²) in [7, 11) is 1.70. The van der Waals surface area contributed by atoms with Crippen LogP contribution in [0.25, 0.3) is 0 Å². The van der Waals surface area contributed by atoms with Gasteiger partial charge in [-0.25, -0.2) is 4.39 Å². The molecule has 0 saturated heterocycles. The van der Waals surface area contributed by atoms with Gasteiger partial charge in [0, 0.05) is 4.90 Å². The first-order valence-corrected chi connectivity index (χ1v) is 5.97. The Balaban J connectivity index is 2.38. The summed E-state index contributed by atoms with van der Waals surface area (Å²) in [6, 6.07) is 6.07. The second-order valence-electron chi connectivity index (χ2n) is 3.34. The number of amides is 1. The van der Waals surface area contributed by atoms with Crippen molar-refractivity contribution in [2.45, 2.75) is 17.4 Å². The van der Waals surface area contributed by atoms with Crippen molar-refractivity contribution < 1.29 is 9.18 Å². The van der Waals surface area contributed by atoms with Gasteiger partial charge in [-0.15, -0.1) is 11.8 Å². The summed E-state index contributed by atoms with van der Waals surface area (Å²) in [6.45, 7) is 0. The Bertz CT molecular complexity index is 360. The van der Waals surface area contributed by atoms with Gasteiger partial charge in [0.2, 0.25) is 5.91 Å². The zero-order valence-corrected chi connectivity index (χ0v) is 9.89. The van der Waals surface area contributed by atoms with Gasteiger partial charge in [-0.2, -0.15) is 0 Å². The third-order valence-electron chi connectivity index (χ3n) is 2.16. The van der Waals surface area contributed by atoms with Crippen LogP contribution < -0.4 is 11.1 Å². The molecule has 3 N–H and O–H groups in total. The lowest BCUT2D eigenvalue weighted by Gasteiger charge is -2.11. The fraction of sp³-hybridized carbons (Fsp3) is 0.364. The van der Waals surface area contributed by atoms with Gasteiger partial charge in [0.25, 0.3) is 0 Å². The second kappa shape index (κ2) is 6.50. The molecule has 3 nitrogen and oxygen atoms in total. The van der Waals surface area contributed by atoms with E-state index in [1.54, 1.807) is 13.1 Å². The van der Waals surface area contributed by atoms with E-state index in [4.69, 9.17) is 5.73 Å². The monoisotopic (exact) mass is 242 g/mol. The highest BCUT2D eigenvalue weighted by Gasteiger charge is 2.11. The maximum Gasteiger partial charge on any atom is 0.234 e. The SMILES string of the molecule is CNC(CCSc1cccc(F)c1)C(N)=O. The number of rotatable bonds is 6. The molecular weight excluding hydrogens is 227 g/mol. The highest BCUT2D eigenvalue weighted by atomic mass is 32.2. The number of hydrogen-bond acceptors (Lipinski definition) is 3. The summed E-state index contributed by atoms with van der Waals surface area (Å²) in [5, 5.41) is 2.84. The van der Waals surface area contributed by atoms with Crippen LogP contribution in [-0.2, 0) is 4.79 Å². The number of carbonyl (C=O) groups is 1. The van der Waals surface area contributed by atoms with Crippen LogP contribution in [0.4, 0.5) is 4.39 Å². The van der Waals surface area contributed by atoms with E-state index >= 15 is 0 Å². The summed E-state index contributed by atoms with van der Waals surface area (Å²) in [5.74, 6) is 0.116. The quantitative estimate of drug-likeness (QED) is 0.741. The highest BCUT2D eigenvalue weighted by Crippen LogP contribution is 2.19. The first kappa shape index (κ1) is 13.0. The highest BCUT2D eigenvalue weighted by molar-refractivity contribution is 7.99. The number of nitrogens with one attached hydrogen (secondary N) is 1. The van der Waals surface area contributed by atoms with Crippen molar-refractivity contribution in [3.05, 3.63) is 30.1 Å². The van der Waals surface area contributed by atoms with Crippen molar-refractivity contribution >= 4 is 17.7 Å². The largest absolute Gasteiger partial charge is 0.368 e. The molecule has 0 saturated carbocycles. The molecule has 0 fully saturated rings. The average molecular weight is 242 g/mol. The number of hydrogen-bond donors (Lipinski definition) is 2. The predicted molar refractivity (Wildman–Crippen MR) is 63.8 cm³/mol. The van der Waals surface area contributed by atoms with Crippen molar-refractivity contribution in [2.75, 3.05) is 12.8 Å². The van der Waals surface area contributed by atoms with Crippen LogP contribution in [0.5, 0.6) is 0 Å². The van der Waals surface area contributed by atoms with Crippen molar-refractivity contribution in [1.29, 1.82) is 0 Å². The lowest BCUT2D eigenvalue weighted by molar-refractivity contribution is -0.119. The lowest BCUT2D eigenvalue weighted by atomic mass is 10.2. The third kappa shape index (κ3) is 4.20. The van der Waals surface area contributed by atoms with Crippen LogP contribution in [0.2, 0.25) is 0 Å². The Kier molecular flexibility index (Phi) is 5.28. The molecule has 16 heavy (non-hydrogen) atoms. The summed E-state index contributed by atoms with van der Waals surface area (Å²) < 4.78 is 12.8. The van der Waals surface area contributed by atoms with Crippen LogP contribution >= 0.6 is 11.8 Å². The molecule has 0 aliphatic heterocycles. The van der Waals surface area contributed by atoms with Gasteiger partial charge in [0.15, 0.2) is 0 Å². The maximum absolute atomic E-state index is 12.8. The van der Waals surface area contributed by atoms with Gasteiger partial charge < -0.3 is 11.1 Å². The Morgan fingerprint density at radius 1 is 1.62 bits per heavy atom. The predicted octanol–water partition coefficient (Wildman–Crippen LogP) is 1.38. The Morgan fingerprint density at radius 2 is 2.38 bits per heavy atom. The van der Waals surface area contributed by atoms with Gasteiger partial charge in [0.05, 0.1) is 6.04 Å². The molecule has 0 aromatic heterocycles. The maximum atomic E-state index is 12.8. The van der Waals surface area contributed by atoms with Gasteiger partial charge in [-0.3, -0.25) is 4.79 Å². The number of primary amides is 1. The third-order valence-corrected chi connectivity index (χ3v) is 3.19. The van der Waals surface area contributed by atoms with E-state index in [9.17, 15) is 9.18 Å². The van der Waals surface area contributed by atoms with Gasteiger partial charge >= 0.3 is 0 Å². The molecule has 1 atom stereocenters.